The molecular formula is C25H32N2O3. The van der Waals surface area contributed by atoms with Crippen LogP contribution in [0.5, 0.6) is 5.75 Å². The molecule has 1 N–H and O–H groups in total. The molecule has 0 saturated heterocycles. The summed E-state index contributed by atoms with van der Waals surface area (Å²) >= 11 is 0. The number of benzene rings is 2. The van der Waals surface area contributed by atoms with Gasteiger partial charge < -0.3 is 15.0 Å². The first-order chi connectivity index (χ1) is 14.2. The van der Waals surface area contributed by atoms with E-state index in [2.05, 4.69) is 19.2 Å². The highest BCUT2D eigenvalue weighted by Gasteiger charge is 2.38. The lowest BCUT2D eigenvalue weighted by molar-refractivity contribution is -0.127. The predicted molar refractivity (Wildman–Crippen MR) is 121 cm³/mol. The fourth-order valence-electron chi connectivity index (χ4n) is 3.76. The second-order valence-corrected chi connectivity index (χ2v) is 9.03. The highest BCUT2D eigenvalue weighted by molar-refractivity contribution is 6.01. The van der Waals surface area contributed by atoms with Crippen molar-refractivity contribution in [1.29, 1.82) is 0 Å². The number of amides is 2. The second kappa shape index (κ2) is 8.90. The molecule has 0 fully saturated rings. The van der Waals surface area contributed by atoms with Crippen LogP contribution in [0, 0.1) is 11.3 Å². The number of anilines is 2. The number of carbonyl (C=O) groups is 2. The minimum absolute atomic E-state index is 0.0362. The van der Waals surface area contributed by atoms with E-state index >= 15 is 0 Å². The van der Waals surface area contributed by atoms with Gasteiger partial charge in [-0.05, 0) is 49.9 Å². The number of rotatable bonds is 6. The lowest BCUT2D eigenvalue weighted by atomic mass is 9.92. The van der Waals surface area contributed by atoms with Crippen molar-refractivity contribution < 1.29 is 14.3 Å². The number of hydrogen-bond donors (Lipinski definition) is 1. The Morgan fingerprint density at radius 1 is 1.17 bits per heavy atom. The third-order valence-corrected chi connectivity index (χ3v) is 5.40. The minimum Gasteiger partial charge on any atom is -0.490 e. The molecule has 0 aliphatic carbocycles. The first-order valence-corrected chi connectivity index (χ1v) is 10.7. The zero-order valence-corrected chi connectivity index (χ0v) is 18.6. The quantitative estimate of drug-likeness (QED) is 0.712. The zero-order valence-electron chi connectivity index (χ0n) is 18.6. The molecule has 1 aliphatic rings. The van der Waals surface area contributed by atoms with Gasteiger partial charge in [0, 0.05) is 12.2 Å². The molecule has 5 heteroatoms. The summed E-state index contributed by atoms with van der Waals surface area (Å²) in [5.41, 5.74) is 1.76. The molecule has 1 atom stereocenters. The smallest absolute Gasteiger partial charge is 0.236 e. The second-order valence-electron chi connectivity index (χ2n) is 9.03. The molecule has 1 aliphatic heterocycles. The van der Waals surface area contributed by atoms with Crippen LogP contribution in [0.25, 0.3) is 0 Å². The fraction of sp³-hybridized carbons (Fsp3) is 0.440. The maximum absolute atomic E-state index is 13.2. The van der Waals surface area contributed by atoms with Crippen LogP contribution in [0.15, 0.2) is 48.5 Å². The van der Waals surface area contributed by atoms with Crippen LogP contribution in [0.2, 0.25) is 0 Å². The van der Waals surface area contributed by atoms with E-state index in [0.29, 0.717) is 42.6 Å². The van der Waals surface area contributed by atoms with Gasteiger partial charge in [-0.1, -0.05) is 51.1 Å². The summed E-state index contributed by atoms with van der Waals surface area (Å²) in [4.78, 5) is 28.0. The van der Waals surface area contributed by atoms with Gasteiger partial charge in [0.2, 0.25) is 11.8 Å². The molecule has 2 aromatic carbocycles. The molecule has 0 bridgehead atoms. The van der Waals surface area contributed by atoms with Crippen molar-refractivity contribution in [1.82, 2.24) is 0 Å². The Hall–Kier alpha value is -2.82. The summed E-state index contributed by atoms with van der Waals surface area (Å²) in [5.74, 6) is 0.724. The molecule has 160 valence electrons. The van der Waals surface area contributed by atoms with Gasteiger partial charge in [0.1, 0.15) is 12.4 Å². The van der Waals surface area contributed by atoms with Crippen molar-refractivity contribution in [2.45, 2.75) is 47.0 Å². The summed E-state index contributed by atoms with van der Waals surface area (Å²) in [5, 5.41) is 3.04. The average Bonchev–Trinajstić information content (AvgIpc) is 2.79. The summed E-state index contributed by atoms with van der Waals surface area (Å²) in [6, 6.07) is 15.3. The third-order valence-electron chi connectivity index (χ3n) is 5.40. The zero-order chi connectivity index (χ0) is 21.9. The first-order valence-electron chi connectivity index (χ1n) is 10.7. The van der Waals surface area contributed by atoms with E-state index in [1.165, 1.54) is 0 Å². The molecule has 3 rings (SSSR count). The number of carbonyl (C=O) groups excluding carboxylic acids is 2. The van der Waals surface area contributed by atoms with Crippen molar-refractivity contribution in [2.24, 2.45) is 11.3 Å². The van der Waals surface area contributed by atoms with E-state index in [4.69, 9.17) is 4.74 Å². The molecule has 0 aromatic heterocycles. The largest absolute Gasteiger partial charge is 0.490 e. The Balaban J connectivity index is 1.90. The van der Waals surface area contributed by atoms with Crippen LogP contribution in [-0.2, 0) is 9.59 Å². The summed E-state index contributed by atoms with van der Waals surface area (Å²) in [6.07, 6.45) is 0.704. The molecule has 1 unspecified atom stereocenters. The summed E-state index contributed by atoms with van der Waals surface area (Å²) in [6.45, 7) is 10.9. The predicted octanol–water partition coefficient (Wildman–Crippen LogP) is 5.23. The summed E-state index contributed by atoms with van der Waals surface area (Å²) < 4.78 is 5.97. The Labute approximate surface area is 179 Å². The maximum atomic E-state index is 13.2. The molecule has 1 heterocycles. The van der Waals surface area contributed by atoms with Gasteiger partial charge in [0.25, 0.3) is 0 Å². The van der Waals surface area contributed by atoms with Crippen LogP contribution >= 0.6 is 0 Å². The molecule has 2 aromatic rings. The number of ether oxygens (including phenoxy) is 1. The molecule has 2 amide bonds. The van der Waals surface area contributed by atoms with Gasteiger partial charge in [-0.3, -0.25) is 9.59 Å². The van der Waals surface area contributed by atoms with Gasteiger partial charge >= 0.3 is 0 Å². The standard InChI is InChI=1S/C25H32N2O3/c1-6-20(18-10-8-7-9-11-18)23(28)26-19-12-13-22-21(14-19)27(15-17(2)3)24(29)25(4,5)16-30-22/h7-14,17,20H,6,15-16H2,1-5H3,(H,26,28). The normalized spacial score (nSPS) is 16.5. The highest BCUT2D eigenvalue weighted by atomic mass is 16.5. The number of nitrogens with one attached hydrogen (secondary N) is 1. The van der Waals surface area contributed by atoms with E-state index in [-0.39, 0.29) is 17.7 Å². The molecule has 0 spiro atoms. The molecule has 30 heavy (non-hydrogen) atoms. The van der Waals surface area contributed by atoms with Crippen LogP contribution in [0.4, 0.5) is 11.4 Å². The maximum Gasteiger partial charge on any atom is 0.236 e. The van der Waals surface area contributed by atoms with Crippen molar-refractivity contribution in [3.05, 3.63) is 54.1 Å². The van der Waals surface area contributed by atoms with Crippen LogP contribution in [0.3, 0.4) is 0 Å². The lowest BCUT2D eigenvalue weighted by Gasteiger charge is -2.29. The van der Waals surface area contributed by atoms with Crippen LogP contribution in [0.1, 0.15) is 52.5 Å². The molecule has 0 radical (unpaired) electrons. The van der Waals surface area contributed by atoms with Crippen molar-refractivity contribution >= 4 is 23.2 Å². The number of hydrogen-bond acceptors (Lipinski definition) is 3. The number of nitrogens with zero attached hydrogens (tertiary/aromatic N) is 1. The first kappa shape index (κ1) is 21.9. The van der Waals surface area contributed by atoms with E-state index in [1.54, 1.807) is 4.90 Å². The van der Waals surface area contributed by atoms with E-state index in [0.717, 1.165) is 5.56 Å². The van der Waals surface area contributed by atoms with Crippen LogP contribution < -0.4 is 15.0 Å². The minimum atomic E-state index is -0.613. The Bertz CT molecular complexity index is 906. The fourth-order valence-corrected chi connectivity index (χ4v) is 3.76. The van der Waals surface area contributed by atoms with Crippen molar-refractivity contribution in [2.75, 3.05) is 23.4 Å². The Morgan fingerprint density at radius 2 is 1.87 bits per heavy atom. The van der Waals surface area contributed by atoms with E-state index < -0.39 is 5.41 Å². The summed E-state index contributed by atoms with van der Waals surface area (Å²) in [7, 11) is 0. The lowest BCUT2D eigenvalue weighted by Crippen LogP contribution is -2.43. The van der Waals surface area contributed by atoms with Gasteiger partial charge in [-0.25, -0.2) is 0 Å². The van der Waals surface area contributed by atoms with Crippen LogP contribution in [-0.4, -0.2) is 25.0 Å². The average molecular weight is 409 g/mol. The molecular weight excluding hydrogens is 376 g/mol. The topological polar surface area (TPSA) is 58.6 Å². The molecule has 0 saturated carbocycles. The van der Waals surface area contributed by atoms with Gasteiger partial charge in [-0.2, -0.15) is 0 Å². The Kier molecular flexibility index (Phi) is 6.49. The monoisotopic (exact) mass is 408 g/mol. The van der Waals surface area contributed by atoms with Crippen molar-refractivity contribution in [3.8, 4) is 5.75 Å². The number of fused-ring (bicyclic) bond motifs is 1. The van der Waals surface area contributed by atoms with E-state index in [1.807, 2.05) is 69.3 Å². The van der Waals surface area contributed by atoms with Gasteiger partial charge in [-0.15, -0.1) is 0 Å². The Morgan fingerprint density at radius 3 is 2.50 bits per heavy atom. The molecule has 5 nitrogen and oxygen atoms in total. The SMILES string of the molecule is CCC(C(=O)Nc1ccc2c(c1)N(CC(C)C)C(=O)C(C)(C)CO2)c1ccccc1. The third kappa shape index (κ3) is 4.66. The van der Waals surface area contributed by atoms with Gasteiger partial charge in [0.05, 0.1) is 17.0 Å². The van der Waals surface area contributed by atoms with Crippen molar-refractivity contribution in [3.63, 3.8) is 0 Å². The van der Waals surface area contributed by atoms with E-state index in [9.17, 15) is 9.59 Å². The van der Waals surface area contributed by atoms with Gasteiger partial charge in [0.15, 0.2) is 0 Å². The highest BCUT2D eigenvalue weighted by Crippen LogP contribution is 2.39.